The maximum absolute atomic E-state index is 13.1. The van der Waals surface area contributed by atoms with Gasteiger partial charge in [-0.3, -0.25) is 19.8 Å². The van der Waals surface area contributed by atoms with Crippen LogP contribution >= 0.6 is 23.2 Å². The van der Waals surface area contributed by atoms with Gasteiger partial charge in [0.15, 0.2) is 5.96 Å². The number of hydrogen-bond acceptors (Lipinski definition) is 8. The standard InChI is InChI=1S/C30H31Cl2F3N6O4/c1-18-25-26(40-45-18)20-6-8-21(9-7-20)44-13-5-3-2-4-11-41(12-10-30(33,34)35)17-24(42)38-27-22(31)14-19(15-23(27)32)16-37-29(36)39-28(25)43/h3,5-9,14-15H,2,4,10-13,16-17H2,1H3,(H,38,42)(H3,36,37,39,43)/b5-3+. The Bertz CT molecular complexity index is 1550. The summed E-state index contributed by atoms with van der Waals surface area (Å²) in [6, 6.07) is 9.93. The number of anilines is 1. The molecule has 0 unspecified atom stereocenters. The number of aryl methyl sites for hydroxylation is 1. The highest BCUT2D eigenvalue weighted by atomic mass is 35.5. The van der Waals surface area contributed by atoms with E-state index >= 15 is 0 Å². The topological polar surface area (TPSA) is 135 Å². The average molecular weight is 668 g/mol. The molecule has 15 heteroatoms. The molecule has 0 atom stereocenters. The molecule has 0 radical (unpaired) electrons. The van der Waals surface area contributed by atoms with E-state index in [0.717, 1.165) is 0 Å². The normalized spacial score (nSPS) is 16.8. The number of carbonyl (C=O) groups excluding carboxylic acids is 2. The largest absolute Gasteiger partial charge is 0.490 e. The summed E-state index contributed by atoms with van der Waals surface area (Å²) in [6.07, 6.45) is -0.678. The molecular weight excluding hydrogens is 636 g/mol. The van der Waals surface area contributed by atoms with E-state index in [9.17, 15) is 22.8 Å². The zero-order valence-electron chi connectivity index (χ0n) is 24.2. The van der Waals surface area contributed by atoms with E-state index in [-0.39, 0.29) is 65.8 Å². The third-order valence-electron chi connectivity index (χ3n) is 6.69. The molecule has 0 saturated heterocycles. The van der Waals surface area contributed by atoms with Crippen LogP contribution in [-0.4, -0.2) is 60.2 Å². The molecule has 4 aliphatic heterocycles. The molecular formula is C30H31Cl2F3N6O4. The summed E-state index contributed by atoms with van der Waals surface area (Å²) in [5.74, 6) is -0.472. The van der Waals surface area contributed by atoms with Crippen LogP contribution in [0.25, 0.3) is 11.3 Å². The third-order valence-corrected chi connectivity index (χ3v) is 7.29. The Hall–Kier alpha value is -4.07. The number of benzene rings is 2. The van der Waals surface area contributed by atoms with Gasteiger partial charge in [-0.15, -0.1) is 0 Å². The number of nitrogens with two attached hydrogens (primary N) is 1. The number of aromatic nitrogens is 1. The molecule has 1 aromatic heterocycles. The van der Waals surface area contributed by atoms with Gasteiger partial charge in [0.05, 0.1) is 35.2 Å². The molecule has 4 N–H and O–H groups in total. The molecule has 10 nitrogen and oxygen atoms in total. The zero-order chi connectivity index (χ0) is 32.6. The number of amides is 2. The fourth-order valence-electron chi connectivity index (χ4n) is 4.48. The van der Waals surface area contributed by atoms with Gasteiger partial charge in [0.2, 0.25) is 5.91 Å². The molecule has 7 rings (SSSR count). The molecule has 3 aromatic rings. The van der Waals surface area contributed by atoms with E-state index in [4.69, 9.17) is 38.2 Å². The van der Waals surface area contributed by atoms with Crippen molar-refractivity contribution in [3.63, 3.8) is 0 Å². The Morgan fingerprint density at radius 2 is 1.78 bits per heavy atom. The van der Waals surface area contributed by atoms with Crippen molar-refractivity contribution in [1.82, 2.24) is 15.4 Å². The van der Waals surface area contributed by atoms with Crippen LogP contribution in [0.4, 0.5) is 18.9 Å². The van der Waals surface area contributed by atoms with Crippen molar-refractivity contribution in [3.8, 4) is 17.0 Å². The predicted molar refractivity (Wildman–Crippen MR) is 166 cm³/mol. The van der Waals surface area contributed by atoms with Gasteiger partial charge in [0.25, 0.3) is 5.91 Å². The number of ether oxygens (including phenoxy) is 1. The van der Waals surface area contributed by atoms with Crippen LogP contribution in [0.3, 0.4) is 0 Å². The molecule has 0 aliphatic carbocycles. The summed E-state index contributed by atoms with van der Waals surface area (Å²) in [5.41, 5.74) is 7.73. The van der Waals surface area contributed by atoms with Gasteiger partial charge in [-0.2, -0.15) is 13.2 Å². The van der Waals surface area contributed by atoms with E-state index in [1.807, 2.05) is 6.08 Å². The van der Waals surface area contributed by atoms with Gasteiger partial charge >= 0.3 is 6.18 Å². The van der Waals surface area contributed by atoms with Crippen LogP contribution in [0, 0.1) is 6.92 Å². The Balaban J connectivity index is 1.58. The lowest BCUT2D eigenvalue weighted by atomic mass is 10.1. The van der Waals surface area contributed by atoms with Gasteiger partial charge in [0.1, 0.15) is 29.4 Å². The van der Waals surface area contributed by atoms with E-state index in [2.05, 4.69) is 20.8 Å². The highest BCUT2D eigenvalue weighted by molar-refractivity contribution is 6.39. The predicted octanol–water partition coefficient (Wildman–Crippen LogP) is 6.12. The van der Waals surface area contributed by atoms with E-state index < -0.39 is 24.4 Å². The maximum atomic E-state index is 13.1. The van der Waals surface area contributed by atoms with Crippen LogP contribution < -0.4 is 21.1 Å². The summed E-state index contributed by atoms with van der Waals surface area (Å²) < 4.78 is 49.9. The van der Waals surface area contributed by atoms with Crippen molar-refractivity contribution in [2.24, 2.45) is 10.7 Å². The van der Waals surface area contributed by atoms with E-state index in [1.54, 1.807) is 37.3 Å². The molecule has 2 amide bonds. The smallest absolute Gasteiger partial charge is 0.390 e. The average Bonchev–Trinajstić information content (AvgIpc) is 3.36. The Kier molecular flexibility index (Phi) is 11.5. The summed E-state index contributed by atoms with van der Waals surface area (Å²) in [6.45, 7) is 1.47. The highest BCUT2D eigenvalue weighted by Gasteiger charge is 2.28. The first kappa shape index (κ1) is 33.8. The molecule has 0 spiro atoms. The first-order valence-electron chi connectivity index (χ1n) is 13.9. The van der Waals surface area contributed by atoms with Gasteiger partial charge < -0.3 is 20.3 Å². The maximum Gasteiger partial charge on any atom is 0.390 e. The number of nitrogens with one attached hydrogen (secondary N) is 2. The zero-order valence-corrected chi connectivity index (χ0v) is 25.7. The number of guanidine groups is 1. The van der Waals surface area contributed by atoms with Crippen LogP contribution in [0.15, 0.2) is 58.1 Å². The lowest BCUT2D eigenvalue weighted by Crippen LogP contribution is -2.37. The first-order chi connectivity index (χ1) is 21.4. The van der Waals surface area contributed by atoms with Crippen LogP contribution in [0.5, 0.6) is 5.75 Å². The summed E-state index contributed by atoms with van der Waals surface area (Å²) in [5, 5.41) is 9.34. The molecule has 4 aliphatic rings. The first-order valence-corrected chi connectivity index (χ1v) is 14.7. The number of carbonyl (C=O) groups is 2. The second-order valence-electron chi connectivity index (χ2n) is 10.2. The number of halogens is 5. The second-order valence-corrected chi connectivity index (χ2v) is 11.0. The Morgan fingerprint density at radius 1 is 1.07 bits per heavy atom. The monoisotopic (exact) mass is 666 g/mol. The Labute approximate surface area is 267 Å². The summed E-state index contributed by atoms with van der Waals surface area (Å²) in [4.78, 5) is 31.5. The Morgan fingerprint density at radius 3 is 2.47 bits per heavy atom. The molecule has 240 valence electrons. The molecule has 0 fully saturated rings. The number of allylic oxidation sites excluding steroid dienone is 1. The lowest BCUT2D eigenvalue weighted by Gasteiger charge is -2.22. The van der Waals surface area contributed by atoms with Crippen LogP contribution in [-0.2, 0) is 11.3 Å². The van der Waals surface area contributed by atoms with Crippen LogP contribution in [0.1, 0.15) is 40.9 Å². The van der Waals surface area contributed by atoms with Gasteiger partial charge in [-0.05, 0) is 68.3 Å². The van der Waals surface area contributed by atoms with Crippen molar-refractivity contribution >= 4 is 46.7 Å². The summed E-state index contributed by atoms with van der Waals surface area (Å²) >= 11 is 12.8. The number of rotatable bonds is 2. The van der Waals surface area contributed by atoms with Crippen molar-refractivity contribution in [3.05, 3.63) is 75.5 Å². The quantitative estimate of drug-likeness (QED) is 0.280. The molecule has 2 aromatic carbocycles. The fourth-order valence-corrected chi connectivity index (χ4v) is 5.10. The minimum atomic E-state index is -4.36. The minimum absolute atomic E-state index is 0.0175. The fraction of sp³-hybridized carbons (Fsp3) is 0.333. The SMILES string of the molecule is Cc1onc2c1C(=O)NC(N)=NCc1cc(Cl)c(c(Cl)c1)NC(=O)CN(CCC(F)(F)F)CCC/C=C/COc1ccc-2cc1. The van der Waals surface area contributed by atoms with E-state index in [1.165, 1.54) is 17.0 Å². The number of hydrogen-bond donors (Lipinski definition) is 3. The van der Waals surface area contributed by atoms with Crippen molar-refractivity contribution in [2.75, 3.05) is 31.6 Å². The van der Waals surface area contributed by atoms with Gasteiger partial charge in [0, 0.05) is 12.1 Å². The minimum Gasteiger partial charge on any atom is -0.490 e. The number of nitrogens with zero attached hydrogens (tertiary/aromatic N) is 3. The van der Waals surface area contributed by atoms with Crippen molar-refractivity contribution < 1.29 is 32.0 Å². The number of aliphatic imine (C=N–C) groups is 1. The second kappa shape index (κ2) is 15.3. The molecule has 4 bridgehead atoms. The molecule has 0 saturated carbocycles. The lowest BCUT2D eigenvalue weighted by molar-refractivity contribution is -0.139. The third kappa shape index (κ3) is 9.96. The number of alkyl halides is 3. The van der Waals surface area contributed by atoms with Crippen LogP contribution in [0.2, 0.25) is 10.0 Å². The highest BCUT2D eigenvalue weighted by Crippen LogP contribution is 2.32. The van der Waals surface area contributed by atoms with Gasteiger partial charge in [-0.1, -0.05) is 40.5 Å². The molecule has 45 heavy (non-hydrogen) atoms. The van der Waals surface area contributed by atoms with Crippen molar-refractivity contribution in [2.45, 2.75) is 38.9 Å². The van der Waals surface area contributed by atoms with E-state index in [0.29, 0.717) is 35.4 Å². The van der Waals surface area contributed by atoms with Crippen molar-refractivity contribution in [1.29, 1.82) is 0 Å². The summed E-state index contributed by atoms with van der Waals surface area (Å²) in [7, 11) is 0. The molecule has 5 heterocycles. The van der Waals surface area contributed by atoms with Gasteiger partial charge in [-0.25, -0.2) is 4.99 Å².